The lowest BCUT2D eigenvalue weighted by atomic mass is 10.0. The van der Waals surface area contributed by atoms with Gasteiger partial charge in [-0.05, 0) is 47.0 Å². The lowest BCUT2D eigenvalue weighted by Gasteiger charge is -2.16. The Morgan fingerprint density at radius 3 is 2.59 bits per heavy atom. The van der Waals surface area contributed by atoms with Gasteiger partial charge in [0.2, 0.25) is 0 Å². The van der Waals surface area contributed by atoms with Crippen molar-refractivity contribution in [3.8, 4) is 11.5 Å². The minimum atomic E-state index is -0.457. The highest BCUT2D eigenvalue weighted by Crippen LogP contribution is 2.38. The smallest absolute Gasteiger partial charge is 0.174 e. The Bertz CT molecular complexity index is 366. The Labute approximate surface area is 111 Å². The number of aliphatic hydroxyl groups excluding tert-OH is 1. The first-order valence-corrected chi connectivity index (χ1v) is 6.61. The predicted octanol–water partition coefficient (Wildman–Crippen LogP) is 3.69. The summed E-state index contributed by atoms with van der Waals surface area (Å²) in [5.41, 5.74) is 0.850. The van der Waals surface area contributed by atoms with E-state index in [-0.39, 0.29) is 0 Å². The Hall–Kier alpha value is -0.740. The number of ether oxygens (including phenoxy) is 2. The van der Waals surface area contributed by atoms with Gasteiger partial charge in [-0.15, -0.1) is 0 Å². The van der Waals surface area contributed by atoms with Gasteiger partial charge in [0.15, 0.2) is 11.5 Å². The molecule has 0 bridgehead atoms. The van der Waals surface area contributed by atoms with E-state index in [0.29, 0.717) is 18.1 Å². The van der Waals surface area contributed by atoms with Crippen LogP contribution in [-0.4, -0.2) is 18.8 Å². The molecular weight excluding hydrogens is 284 g/mol. The number of hydrogen-bond acceptors (Lipinski definition) is 3. The molecule has 17 heavy (non-hydrogen) atoms. The maximum Gasteiger partial charge on any atom is 0.174 e. The number of methoxy groups -OCH3 is 1. The third-order valence-corrected chi connectivity index (χ3v) is 3.07. The lowest BCUT2D eigenvalue weighted by Crippen LogP contribution is -2.01. The van der Waals surface area contributed by atoms with Gasteiger partial charge in [-0.1, -0.05) is 13.3 Å². The van der Waals surface area contributed by atoms with Crippen molar-refractivity contribution in [1.29, 1.82) is 0 Å². The zero-order valence-electron chi connectivity index (χ0n) is 10.5. The van der Waals surface area contributed by atoms with Crippen LogP contribution in [0.25, 0.3) is 0 Å². The summed E-state index contributed by atoms with van der Waals surface area (Å²) in [5, 5.41) is 9.98. The van der Waals surface area contributed by atoms with Gasteiger partial charge in [0, 0.05) is 0 Å². The van der Waals surface area contributed by atoms with Gasteiger partial charge in [-0.3, -0.25) is 0 Å². The van der Waals surface area contributed by atoms with Crippen molar-refractivity contribution in [1.82, 2.24) is 0 Å². The second-order valence-corrected chi connectivity index (χ2v) is 4.63. The molecule has 0 aliphatic carbocycles. The van der Waals surface area contributed by atoms with E-state index in [2.05, 4.69) is 15.9 Å². The van der Waals surface area contributed by atoms with Gasteiger partial charge in [0.25, 0.3) is 0 Å². The fraction of sp³-hybridized carbons (Fsp3) is 0.538. The zero-order chi connectivity index (χ0) is 12.8. The van der Waals surface area contributed by atoms with E-state index in [1.807, 2.05) is 26.0 Å². The van der Waals surface area contributed by atoms with Crippen molar-refractivity contribution in [3.05, 3.63) is 22.2 Å². The fourth-order valence-corrected chi connectivity index (χ4v) is 2.30. The monoisotopic (exact) mass is 302 g/mol. The fourth-order valence-electron chi connectivity index (χ4n) is 1.68. The second kappa shape index (κ2) is 6.87. The van der Waals surface area contributed by atoms with Crippen molar-refractivity contribution in [2.24, 2.45) is 0 Å². The van der Waals surface area contributed by atoms with Crippen LogP contribution in [0.4, 0.5) is 0 Å². The van der Waals surface area contributed by atoms with Crippen LogP contribution in [0.3, 0.4) is 0 Å². The highest BCUT2D eigenvalue weighted by Gasteiger charge is 2.15. The Morgan fingerprint density at radius 2 is 2.06 bits per heavy atom. The van der Waals surface area contributed by atoms with Crippen LogP contribution in [-0.2, 0) is 0 Å². The van der Waals surface area contributed by atoms with Gasteiger partial charge < -0.3 is 14.6 Å². The first-order chi connectivity index (χ1) is 8.13. The van der Waals surface area contributed by atoms with Gasteiger partial charge in [0.05, 0.1) is 24.3 Å². The Morgan fingerprint density at radius 1 is 1.35 bits per heavy atom. The molecule has 96 valence electrons. The number of aliphatic hydroxyl groups is 1. The van der Waals surface area contributed by atoms with E-state index in [1.54, 1.807) is 7.11 Å². The van der Waals surface area contributed by atoms with E-state index in [1.165, 1.54) is 0 Å². The minimum Gasteiger partial charge on any atom is -0.492 e. The van der Waals surface area contributed by atoms with E-state index < -0.39 is 6.10 Å². The maximum atomic E-state index is 9.98. The molecule has 0 fully saturated rings. The summed E-state index contributed by atoms with van der Waals surface area (Å²) in [4.78, 5) is 0. The molecule has 3 nitrogen and oxygen atoms in total. The van der Waals surface area contributed by atoms with E-state index in [4.69, 9.17) is 9.47 Å². The SMILES string of the molecule is CCCC(O)c1cc(Br)c(OC)c(OCC)c1. The molecule has 4 heteroatoms. The normalized spacial score (nSPS) is 12.3. The summed E-state index contributed by atoms with van der Waals surface area (Å²) >= 11 is 3.43. The van der Waals surface area contributed by atoms with E-state index in [0.717, 1.165) is 22.9 Å². The Balaban J connectivity index is 3.09. The average Bonchev–Trinajstić information content (AvgIpc) is 2.29. The summed E-state index contributed by atoms with van der Waals surface area (Å²) in [6, 6.07) is 3.72. The molecule has 1 N–H and O–H groups in total. The molecule has 0 aromatic heterocycles. The molecule has 0 spiro atoms. The third kappa shape index (κ3) is 3.61. The van der Waals surface area contributed by atoms with Gasteiger partial charge in [0.1, 0.15) is 0 Å². The largest absolute Gasteiger partial charge is 0.492 e. The molecule has 1 rings (SSSR count). The highest BCUT2D eigenvalue weighted by molar-refractivity contribution is 9.10. The zero-order valence-corrected chi connectivity index (χ0v) is 12.1. The van der Waals surface area contributed by atoms with Crippen molar-refractivity contribution in [2.75, 3.05) is 13.7 Å². The summed E-state index contributed by atoms with van der Waals surface area (Å²) in [5.74, 6) is 1.33. The second-order valence-electron chi connectivity index (χ2n) is 3.77. The molecule has 0 aliphatic heterocycles. The van der Waals surface area contributed by atoms with Crippen LogP contribution in [0.15, 0.2) is 16.6 Å². The van der Waals surface area contributed by atoms with Crippen LogP contribution in [0, 0.1) is 0 Å². The molecule has 0 amide bonds. The number of rotatable bonds is 6. The summed E-state index contributed by atoms with van der Waals surface area (Å²) in [6.45, 7) is 4.53. The first-order valence-electron chi connectivity index (χ1n) is 5.82. The molecule has 1 unspecified atom stereocenters. The predicted molar refractivity (Wildman–Crippen MR) is 71.7 cm³/mol. The highest BCUT2D eigenvalue weighted by atomic mass is 79.9. The van der Waals surface area contributed by atoms with Crippen molar-refractivity contribution in [3.63, 3.8) is 0 Å². The van der Waals surface area contributed by atoms with Gasteiger partial charge in [-0.2, -0.15) is 0 Å². The quantitative estimate of drug-likeness (QED) is 0.871. The van der Waals surface area contributed by atoms with Crippen LogP contribution < -0.4 is 9.47 Å². The van der Waals surface area contributed by atoms with Gasteiger partial charge in [-0.25, -0.2) is 0 Å². The van der Waals surface area contributed by atoms with Crippen molar-refractivity contribution in [2.45, 2.75) is 32.8 Å². The molecule has 0 saturated carbocycles. The van der Waals surface area contributed by atoms with Crippen LogP contribution in [0.2, 0.25) is 0 Å². The number of hydrogen-bond donors (Lipinski definition) is 1. The topological polar surface area (TPSA) is 38.7 Å². The maximum absolute atomic E-state index is 9.98. The number of halogens is 1. The summed E-state index contributed by atoms with van der Waals surface area (Å²) in [6.07, 6.45) is 1.22. The standard InChI is InChI=1S/C13H19BrO3/c1-4-6-11(15)9-7-10(14)13(16-3)12(8-9)17-5-2/h7-8,11,15H,4-6H2,1-3H3. The van der Waals surface area contributed by atoms with Crippen LogP contribution >= 0.6 is 15.9 Å². The van der Waals surface area contributed by atoms with E-state index >= 15 is 0 Å². The van der Waals surface area contributed by atoms with Crippen LogP contribution in [0.5, 0.6) is 11.5 Å². The molecular formula is C13H19BrO3. The molecule has 0 heterocycles. The molecule has 0 radical (unpaired) electrons. The third-order valence-electron chi connectivity index (χ3n) is 2.48. The van der Waals surface area contributed by atoms with Crippen molar-refractivity contribution >= 4 is 15.9 Å². The molecule has 1 aromatic rings. The molecule has 0 saturated heterocycles. The summed E-state index contributed by atoms with van der Waals surface area (Å²) < 4.78 is 11.6. The first kappa shape index (κ1) is 14.3. The summed E-state index contributed by atoms with van der Waals surface area (Å²) in [7, 11) is 1.60. The Kier molecular flexibility index (Phi) is 5.78. The van der Waals surface area contributed by atoms with Crippen LogP contribution in [0.1, 0.15) is 38.4 Å². The number of benzene rings is 1. The average molecular weight is 303 g/mol. The van der Waals surface area contributed by atoms with Gasteiger partial charge >= 0.3 is 0 Å². The lowest BCUT2D eigenvalue weighted by molar-refractivity contribution is 0.165. The minimum absolute atomic E-state index is 0.457. The van der Waals surface area contributed by atoms with E-state index in [9.17, 15) is 5.11 Å². The molecule has 1 atom stereocenters. The molecule has 0 aliphatic rings. The van der Waals surface area contributed by atoms with Crippen molar-refractivity contribution < 1.29 is 14.6 Å². The molecule has 1 aromatic carbocycles.